The van der Waals surface area contributed by atoms with Gasteiger partial charge in [-0.1, -0.05) is 27.2 Å². The van der Waals surface area contributed by atoms with Gasteiger partial charge in [0.05, 0.1) is 0 Å². The summed E-state index contributed by atoms with van der Waals surface area (Å²) in [4.78, 5) is 14.2. The molecule has 0 saturated carbocycles. The van der Waals surface area contributed by atoms with E-state index in [9.17, 15) is 4.79 Å². The molecule has 0 aromatic carbocycles. The van der Waals surface area contributed by atoms with Crippen LogP contribution in [0.3, 0.4) is 0 Å². The molecule has 2 rings (SSSR count). The molecule has 15 heavy (non-hydrogen) atoms. The fraction of sp³-hybridized carbons (Fsp3) is 0.917. The molecule has 1 amide bonds. The molecule has 86 valence electrons. The highest BCUT2D eigenvalue weighted by Gasteiger charge is 2.35. The minimum Gasteiger partial charge on any atom is -0.339 e. The van der Waals surface area contributed by atoms with Crippen LogP contribution >= 0.6 is 0 Å². The Morgan fingerprint density at radius 3 is 2.20 bits per heavy atom. The molecule has 2 fully saturated rings. The van der Waals surface area contributed by atoms with Gasteiger partial charge < -0.3 is 10.2 Å². The summed E-state index contributed by atoms with van der Waals surface area (Å²) >= 11 is 0. The number of carbonyl (C=O) groups excluding carboxylic acids is 1. The van der Waals surface area contributed by atoms with E-state index in [4.69, 9.17) is 0 Å². The zero-order valence-electron chi connectivity index (χ0n) is 10.0. The third kappa shape index (κ3) is 2.33. The van der Waals surface area contributed by atoms with Gasteiger partial charge in [0, 0.05) is 30.6 Å². The molecular weight excluding hydrogens is 188 g/mol. The van der Waals surface area contributed by atoms with Crippen LogP contribution in [0.15, 0.2) is 0 Å². The van der Waals surface area contributed by atoms with Gasteiger partial charge in [-0.3, -0.25) is 4.79 Å². The maximum Gasteiger partial charge on any atom is 0.228 e. The second-order valence-corrected chi connectivity index (χ2v) is 5.95. The molecule has 0 aliphatic carbocycles. The van der Waals surface area contributed by atoms with Crippen LogP contribution < -0.4 is 5.32 Å². The Labute approximate surface area is 92.2 Å². The van der Waals surface area contributed by atoms with Crippen molar-refractivity contribution in [2.75, 3.05) is 13.1 Å². The summed E-state index contributed by atoms with van der Waals surface area (Å²) in [5.41, 5.74) is -0.231. The summed E-state index contributed by atoms with van der Waals surface area (Å²) < 4.78 is 0. The lowest BCUT2D eigenvalue weighted by atomic mass is 9.90. The number of hydrogen-bond donors (Lipinski definition) is 1. The number of piperazine rings is 1. The quantitative estimate of drug-likeness (QED) is 0.655. The molecule has 2 bridgehead atoms. The summed E-state index contributed by atoms with van der Waals surface area (Å²) in [6, 6.07) is 1.09. The van der Waals surface area contributed by atoms with Crippen molar-refractivity contribution in [2.24, 2.45) is 5.41 Å². The zero-order chi connectivity index (χ0) is 11.1. The molecule has 0 radical (unpaired) electrons. The lowest BCUT2D eigenvalue weighted by Gasteiger charge is -2.44. The number of fused-ring (bicyclic) bond motifs is 2. The van der Waals surface area contributed by atoms with Crippen LogP contribution in [-0.4, -0.2) is 36.0 Å². The van der Waals surface area contributed by atoms with Crippen molar-refractivity contribution in [1.29, 1.82) is 0 Å². The number of nitrogens with one attached hydrogen (secondary N) is 1. The van der Waals surface area contributed by atoms with Crippen LogP contribution in [0.25, 0.3) is 0 Å². The first-order valence-electron chi connectivity index (χ1n) is 6.02. The standard InChI is InChI=1S/C12H22N2O/c1-12(2,3)11(15)14-7-9-5-4-6-10(8-14)13-9/h9-10,13H,4-8H2,1-3H3. The Hall–Kier alpha value is -0.570. The normalized spacial score (nSPS) is 31.5. The summed E-state index contributed by atoms with van der Waals surface area (Å²) in [6.07, 6.45) is 3.77. The molecule has 2 heterocycles. The van der Waals surface area contributed by atoms with Crippen molar-refractivity contribution in [2.45, 2.75) is 52.1 Å². The SMILES string of the molecule is CC(C)(C)C(=O)N1CC2CCCC(C1)N2. The smallest absolute Gasteiger partial charge is 0.228 e. The number of nitrogens with zero attached hydrogens (tertiary/aromatic N) is 1. The Balaban J connectivity index is 2.02. The molecular formula is C12H22N2O. The van der Waals surface area contributed by atoms with E-state index in [-0.39, 0.29) is 5.41 Å². The fourth-order valence-corrected chi connectivity index (χ4v) is 2.65. The van der Waals surface area contributed by atoms with Crippen LogP contribution in [0.4, 0.5) is 0 Å². The predicted octanol–water partition coefficient (Wildman–Crippen LogP) is 1.39. The highest BCUT2D eigenvalue weighted by molar-refractivity contribution is 5.81. The first-order chi connectivity index (χ1) is 6.97. The highest BCUT2D eigenvalue weighted by atomic mass is 16.2. The van der Waals surface area contributed by atoms with Crippen LogP contribution in [0.2, 0.25) is 0 Å². The Kier molecular flexibility index (Phi) is 2.75. The van der Waals surface area contributed by atoms with E-state index in [0.717, 1.165) is 13.1 Å². The molecule has 0 spiro atoms. The first kappa shape index (κ1) is 10.9. The third-order valence-corrected chi connectivity index (χ3v) is 3.39. The monoisotopic (exact) mass is 210 g/mol. The highest BCUT2D eigenvalue weighted by Crippen LogP contribution is 2.24. The van der Waals surface area contributed by atoms with Gasteiger partial charge in [0.2, 0.25) is 5.91 Å². The Morgan fingerprint density at radius 1 is 1.20 bits per heavy atom. The maximum absolute atomic E-state index is 12.1. The molecule has 0 aromatic rings. The van der Waals surface area contributed by atoms with E-state index in [1.807, 2.05) is 20.8 Å². The van der Waals surface area contributed by atoms with E-state index < -0.39 is 0 Å². The average molecular weight is 210 g/mol. The van der Waals surface area contributed by atoms with E-state index in [1.54, 1.807) is 0 Å². The molecule has 0 aromatic heterocycles. The molecule has 2 unspecified atom stereocenters. The summed E-state index contributed by atoms with van der Waals surface area (Å²) in [6.45, 7) is 7.84. The molecule has 3 heteroatoms. The summed E-state index contributed by atoms with van der Waals surface area (Å²) in [5.74, 6) is 0.306. The van der Waals surface area contributed by atoms with Crippen LogP contribution in [0, 0.1) is 5.41 Å². The molecule has 2 atom stereocenters. The molecule has 2 aliphatic rings. The molecule has 2 aliphatic heterocycles. The van der Waals surface area contributed by atoms with Crippen molar-refractivity contribution in [3.8, 4) is 0 Å². The first-order valence-corrected chi connectivity index (χ1v) is 6.02. The largest absolute Gasteiger partial charge is 0.339 e. The minimum atomic E-state index is -0.231. The van der Waals surface area contributed by atoms with Crippen molar-refractivity contribution >= 4 is 5.91 Å². The Morgan fingerprint density at radius 2 is 1.73 bits per heavy atom. The van der Waals surface area contributed by atoms with E-state index >= 15 is 0 Å². The number of carbonyl (C=O) groups is 1. The topological polar surface area (TPSA) is 32.3 Å². The number of rotatable bonds is 0. The van der Waals surface area contributed by atoms with Crippen molar-refractivity contribution in [3.05, 3.63) is 0 Å². The summed E-state index contributed by atoms with van der Waals surface area (Å²) in [7, 11) is 0. The van der Waals surface area contributed by atoms with Gasteiger partial charge in [-0.15, -0.1) is 0 Å². The number of piperidine rings is 1. The van der Waals surface area contributed by atoms with Crippen molar-refractivity contribution in [3.63, 3.8) is 0 Å². The van der Waals surface area contributed by atoms with E-state index in [0.29, 0.717) is 18.0 Å². The van der Waals surface area contributed by atoms with Gasteiger partial charge in [-0.05, 0) is 12.8 Å². The predicted molar refractivity (Wildman–Crippen MR) is 60.6 cm³/mol. The van der Waals surface area contributed by atoms with Crippen molar-refractivity contribution in [1.82, 2.24) is 10.2 Å². The second-order valence-electron chi connectivity index (χ2n) is 5.95. The van der Waals surface area contributed by atoms with Crippen molar-refractivity contribution < 1.29 is 4.79 Å². The van der Waals surface area contributed by atoms with Crippen LogP contribution in [0.5, 0.6) is 0 Å². The van der Waals surface area contributed by atoms with Gasteiger partial charge in [0.25, 0.3) is 0 Å². The number of likely N-dealkylation sites (tertiary alicyclic amines) is 1. The molecule has 2 saturated heterocycles. The lowest BCUT2D eigenvalue weighted by Crippen LogP contribution is -2.61. The molecule has 1 N–H and O–H groups in total. The minimum absolute atomic E-state index is 0.231. The van der Waals surface area contributed by atoms with Gasteiger partial charge in [-0.2, -0.15) is 0 Å². The average Bonchev–Trinajstić information content (AvgIpc) is 2.14. The van der Waals surface area contributed by atoms with E-state index in [2.05, 4.69) is 10.2 Å². The third-order valence-electron chi connectivity index (χ3n) is 3.39. The lowest BCUT2D eigenvalue weighted by molar-refractivity contribution is -0.142. The van der Waals surface area contributed by atoms with Gasteiger partial charge in [0.15, 0.2) is 0 Å². The molecule has 3 nitrogen and oxygen atoms in total. The maximum atomic E-state index is 12.1. The second kappa shape index (κ2) is 3.78. The van der Waals surface area contributed by atoms with Gasteiger partial charge in [0.1, 0.15) is 0 Å². The van der Waals surface area contributed by atoms with E-state index in [1.165, 1.54) is 19.3 Å². The fourth-order valence-electron chi connectivity index (χ4n) is 2.65. The van der Waals surface area contributed by atoms with Crippen LogP contribution in [-0.2, 0) is 4.79 Å². The van der Waals surface area contributed by atoms with Gasteiger partial charge >= 0.3 is 0 Å². The zero-order valence-corrected chi connectivity index (χ0v) is 10.0. The number of amides is 1. The van der Waals surface area contributed by atoms with Gasteiger partial charge in [-0.25, -0.2) is 0 Å². The Bertz CT molecular complexity index is 245. The number of hydrogen-bond acceptors (Lipinski definition) is 2. The van der Waals surface area contributed by atoms with Crippen LogP contribution in [0.1, 0.15) is 40.0 Å². The summed E-state index contributed by atoms with van der Waals surface area (Å²) in [5, 5.41) is 3.60.